The van der Waals surface area contributed by atoms with Crippen molar-refractivity contribution >= 4 is 58.2 Å². The summed E-state index contributed by atoms with van der Waals surface area (Å²) in [6, 6.07) is 10.1. The van der Waals surface area contributed by atoms with Gasteiger partial charge in [-0.3, -0.25) is 38.6 Å². The first-order valence-corrected chi connectivity index (χ1v) is 20.4. The molecule has 62 heavy (non-hydrogen) atoms. The second-order valence-electron chi connectivity index (χ2n) is 15.1. The number of guanidine groups is 1. The first-order chi connectivity index (χ1) is 29.8. The minimum atomic E-state index is -1.30. The Morgan fingerprint density at radius 2 is 1.65 bits per heavy atom. The lowest BCUT2D eigenvalue weighted by Crippen LogP contribution is -2.61. The molecule has 0 bridgehead atoms. The number of amides is 7. The van der Waals surface area contributed by atoms with Crippen LogP contribution in [0.1, 0.15) is 55.8 Å². The van der Waals surface area contributed by atoms with Gasteiger partial charge in [-0.15, -0.1) is 0 Å². The van der Waals surface area contributed by atoms with Crippen molar-refractivity contribution in [2.24, 2.45) is 22.2 Å². The van der Waals surface area contributed by atoms with E-state index >= 15 is 4.79 Å². The number of nitrogens with zero attached hydrogens (tertiary/aromatic N) is 3. The fraction of sp³-hybridized carbons (Fsp3) is 0.405. The number of hydrogen-bond donors (Lipinski definition) is 10. The number of nitrogens with one attached hydrogen (secondary N) is 7. The van der Waals surface area contributed by atoms with Crippen LogP contribution < -0.4 is 43.8 Å². The van der Waals surface area contributed by atoms with E-state index in [1.165, 1.54) is 24.3 Å². The molecule has 5 atom stereocenters. The molecule has 0 aliphatic carbocycles. The fourth-order valence-corrected chi connectivity index (χ4v) is 7.31. The summed E-state index contributed by atoms with van der Waals surface area (Å²) in [5.41, 5.74) is 19.7. The van der Waals surface area contributed by atoms with Gasteiger partial charge in [0.05, 0.1) is 6.33 Å². The summed E-state index contributed by atoms with van der Waals surface area (Å²) in [7, 11) is 0. The van der Waals surface area contributed by atoms with Gasteiger partial charge in [-0.25, -0.2) is 4.98 Å². The van der Waals surface area contributed by atoms with Crippen molar-refractivity contribution in [3.8, 4) is 0 Å². The van der Waals surface area contributed by atoms with Gasteiger partial charge in [0.2, 0.25) is 41.4 Å². The molecule has 5 rings (SSSR count). The number of aromatic nitrogens is 3. The fourth-order valence-electron chi connectivity index (χ4n) is 7.31. The Balaban J connectivity index is 1.55. The maximum Gasteiger partial charge on any atom is 0.246 e. The molecular formula is C42H55N13O7. The van der Waals surface area contributed by atoms with Crippen LogP contribution in [-0.4, -0.2) is 117 Å². The van der Waals surface area contributed by atoms with Gasteiger partial charge in [0, 0.05) is 81.2 Å². The van der Waals surface area contributed by atoms with E-state index in [0.29, 0.717) is 24.1 Å². The summed E-state index contributed by atoms with van der Waals surface area (Å²) in [5.74, 6) is -4.80. The van der Waals surface area contributed by atoms with Crippen molar-refractivity contribution in [1.29, 1.82) is 0 Å². The van der Waals surface area contributed by atoms with E-state index in [4.69, 9.17) is 17.2 Å². The molecule has 7 amide bonds. The first kappa shape index (κ1) is 45.8. The molecule has 4 aromatic rings. The lowest BCUT2D eigenvalue weighted by Gasteiger charge is -2.35. The number of unbranched alkanes of at least 4 members (excludes halogenated alkanes) is 1. The van der Waals surface area contributed by atoms with Gasteiger partial charge in [0.15, 0.2) is 5.96 Å². The van der Waals surface area contributed by atoms with Crippen LogP contribution in [0.15, 0.2) is 78.3 Å². The molecule has 330 valence electrons. The zero-order chi connectivity index (χ0) is 44.6. The number of rotatable bonds is 15. The lowest BCUT2D eigenvalue weighted by atomic mass is 10.00. The van der Waals surface area contributed by atoms with E-state index in [9.17, 15) is 28.8 Å². The average molecular weight is 854 g/mol. The van der Waals surface area contributed by atoms with E-state index in [2.05, 4.69) is 46.5 Å². The molecule has 1 unspecified atom stereocenters. The highest BCUT2D eigenvalue weighted by Crippen LogP contribution is 2.20. The highest BCUT2D eigenvalue weighted by Gasteiger charge is 2.38. The Morgan fingerprint density at radius 3 is 2.35 bits per heavy atom. The van der Waals surface area contributed by atoms with Crippen LogP contribution in [0, 0.1) is 0 Å². The van der Waals surface area contributed by atoms with Crippen LogP contribution in [0.2, 0.25) is 0 Å². The van der Waals surface area contributed by atoms with E-state index in [-0.39, 0.29) is 64.1 Å². The quantitative estimate of drug-likeness (QED) is 0.0392. The Hall–Kier alpha value is -7.25. The van der Waals surface area contributed by atoms with Crippen LogP contribution in [0.4, 0.5) is 0 Å². The van der Waals surface area contributed by atoms with Crippen LogP contribution in [0.25, 0.3) is 10.9 Å². The predicted molar refractivity (Wildman–Crippen MR) is 229 cm³/mol. The number of primary amides is 1. The Kier molecular flexibility index (Phi) is 16.5. The summed E-state index contributed by atoms with van der Waals surface area (Å²) in [5, 5.41) is 14.5. The van der Waals surface area contributed by atoms with Crippen molar-refractivity contribution < 1.29 is 33.6 Å². The number of imidazole rings is 1. The van der Waals surface area contributed by atoms with E-state index in [1.807, 2.05) is 24.3 Å². The average Bonchev–Trinajstić information content (AvgIpc) is 3.91. The predicted octanol–water partition coefficient (Wildman–Crippen LogP) is -1.09. The molecule has 0 saturated carbocycles. The Morgan fingerprint density at radius 1 is 0.903 bits per heavy atom. The number of aromatic amines is 2. The van der Waals surface area contributed by atoms with Gasteiger partial charge in [0.25, 0.3) is 0 Å². The van der Waals surface area contributed by atoms with Gasteiger partial charge in [0.1, 0.15) is 30.2 Å². The minimum Gasteiger partial charge on any atom is -0.370 e. The van der Waals surface area contributed by atoms with E-state index in [0.717, 1.165) is 16.5 Å². The van der Waals surface area contributed by atoms with Crippen molar-refractivity contribution in [3.05, 3.63) is 90.1 Å². The van der Waals surface area contributed by atoms with E-state index < -0.39 is 71.6 Å². The first-order valence-electron chi connectivity index (χ1n) is 20.4. The van der Waals surface area contributed by atoms with Crippen LogP contribution >= 0.6 is 0 Å². The molecule has 2 aromatic carbocycles. The molecule has 13 N–H and O–H groups in total. The normalized spacial score (nSPS) is 19.7. The van der Waals surface area contributed by atoms with Gasteiger partial charge < -0.3 is 58.7 Å². The van der Waals surface area contributed by atoms with Gasteiger partial charge in [-0.05, 0) is 42.9 Å². The summed E-state index contributed by atoms with van der Waals surface area (Å²) < 4.78 is 0. The Bertz CT molecular complexity index is 2210. The largest absolute Gasteiger partial charge is 0.370 e. The number of aliphatic imine (C=N–C) groups is 1. The molecule has 3 heterocycles. The number of benzene rings is 2. The van der Waals surface area contributed by atoms with Crippen molar-refractivity contribution in [1.82, 2.24) is 46.4 Å². The Labute approximate surface area is 358 Å². The SMILES string of the molecule is CC(=O)N[C@H]1CCC(=O)NCCC(C(=O)N[C@@H](Cc2c[nH]c3ccccc23)C(N)=O)N(CCCCN=C(N)N)C(=O)[C@@H](Cc2ccccc2)NC(=O)[C@H](Cc2cnc[nH]2)NC1=O. The molecule has 0 spiro atoms. The van der Waals surface area contributed by atoms with E-state index in [1.54, 1.807) is 36.5 Å². The lowest BCUT2D eigenvalue weighted by molar-refractivity contribution is -0.144. The van der Waals surface area contributed by atoms with Gasteiger partial charge >= 0.3 is 0 Å². The third-order valence-electron chi connectivity index (χ3n) is 10.4. The molecule has 1 saturated heterocycles. The summed E-state index contributed by atoms with van der Waals surface area (Å²) in [6.45, 7) is 1.31. The number of hydrogen-bond acceptors (Lipinski definition) is 9. The number of para-hydroxylation sites is 1. The molecule has 20 nitrogen and oxygen atoms in total. The van der Waals surface area contributed by atoms with Gasteiger partial charge in [-0.2, -0.15) is 0 Å². The summed E-state index contributed by atoms with van der Waals surface area (Å²) in [6.07, 6.45) is 4.80. The van der Waals surface area contributed by atoms with Crippen molar-refractivity contribution in [2.45, 2.75) is 88.5 Å². The highest BCUT2D eigenvalue weighted by molar-refractivity contribution is 5.97. The molecule has 0 radical (unpaired) electrons. The third-order valence-corrected chi connectivity index (χ3v) is 10.4. The molecule has 20 heteroatoms. The molecule has 1 fully saturated rings. The van der Waals surface area contributed by atoms with Crippen LogP contribution in [0.3, 0.4) is 0 Å². The molecule has 1 aliphatic heterocycles. The number of nitrogens with two attached hydrogens (primary N) is 3. The number of H-pyrrole nitrogens is 2. The maximum atomic E-state index is 15.2. The topological polar surface area (TPSA) is 318 Å². The highest BCUT2D eigenvalue weighted by atomic mass is 16.2. The minimum absolute atomic E-state index is 0.0231. The number of carbonyl (C=O) groups excluding carboxylic acids is 7. The van der Waals surface area contributed by atoms with Crippen LogP contribution in [-0.2, 0) is 52.8 Å². The van der Waals surface area contributed by atoms with Crippen LogP contribution in [0.5, 0.6) is 0 Å². The monoisotopic (exact) mass is 853 g/mol. The molecular weight excluding hydrogens is 799 g/mol. The summed E-state index contributed by atoms with van der Waals surface area (Å²) >= 11 is 0. The van der Waals surface area contributed by atoms with Gasteiger partial charge in [-0.1, -0.05) is 48.5 Å². The summed E-state index contributed by atoms with van der Waals surface area (Å²) in [4.78, 5) is 112. The standard InChI is InChI=1S/C42H55N13O7/c1-25(56)51-31-13-14-36(57)47-17-15-35(40(61)52-32(37(43)58)20-27-22-49-30-12-6-5-11-29(27)30)55(18-8-7-16-48-42(44)45)41(62)34(19-26-9-3-2-4-10-26)54-39(60)33(53-38(31)59)21-28-23-46-24-50-28/h2-6,9-12,22-24,31-35,49H,7-8,13-21H2,1H3,(H2,43,58)(H,46,50)(H,47,57)(H,51,56)(H,52,61)(H,53,59)(H,54,60)(H4,44,45,48)/t31-,32-,33-,34+,35?/m0/s1. The second-order valence-corrected chi connectivity index (χ2v) is 15.1. The molecule has 1 aliphatic rings. The number of fused-ring (bicyclic) bond motifs is 1. The van der Waals surface area contributed by atoms with Crippen molar-refractivity contribution in [2.75, 3.05) is 19.6 Å². The maximum absolute atomic E-state index is 15.2. The number of carbonyl (C=O) groups is 7. The molecule has 2 aromatic heterocycles. The zero-order valence-corrected chi connectivity index (χ0v) is 34.5. The zero-order valence-electron chi connectivity index (χ0n) is 34.5. The van der Waals surface area contributed by atoms with Crippen molar-refractivity contribution in [3.63, 3.8) is 0 Å². The smallest absolute Gasteiger partial charge is 0.246 e. The third kappa shape index (κ3) is 13.4. The second kappa shape index (κ2) is 22.4.